The first-order valence-electron chi connectivity index (χ1n) is 6.14. The van der Waals surface area contributed by atoms with E-state index in [-0.39, 0.29) is 29.8 Å². The van der Waals surface area contributed by atoms with Crippen LogP contribution in [0.5, 0.6) is 0 Å². The van der Waals surface area contributed by atoms with Gasteiger partial charge in [0.1, 0.15) is 5.82 Å². The Morgan fingerprint density at radius 3 is 2.58 bits per heavy atom. The number of rotatable bonds is 5. The van der Waals surface area contributed by atoms with Gasteiger partial charge in [0.05, 0.1) is 17.2 Å². The number of sulfonamides is 1. The molecule has 1 aliphatic rings. The molecule has 1 saturated carbocycles. The Labute approximate surface area is 111 Å². The molecule has 5 nitrogen and oxygen atoms in total. The molecule has 0 spiro atoms. The van der Waals surface area contributed by atoms with Crippen molar-refractivity contribution in [3.05, 3.63) is 24.0 Å². The molecule has 106 valence electrons. The first-order valence-corrected chi connectivity index (χ1v) is 7.58. The number of anilines is 1. The van der Waals surface area contributed by atoms with Crippen molar-refractivity contribution < 1.29 is 17.9 Å². The fourth-order valence-corrected chi connectivity index (χ4v) is 3.76. The van der Waals surface area contributed by atoms with Crippen LogP contribution in [0, 0.1) is 5.82 Å². The highest BCUT2D eigenvalue weighted by atomic mass is 32.2. The van der Waals surface area contributed by atoms with Crippen molar-refractivity contribution in [2.24, 2.45) is 0 Å². The fraction of sp³-hybridized carbons (Fsp3) is 0.500. The van der Waals surface area contributed by atoms with E-state index >= 15 is 0 Å². The number of benzene rings is 1. The zero-order valence-electron chi connectivity index (χ0n) is 10.4. The predicted octanol–water partition coefficient (Wildman–Crippen LogP) is 0.943. The third-order valence-electron chi connectivity index (χ3n) is 3.38. The number of halogens is 1. The second kappa shape index (κ2) is 5.44. The molecule has 0 aliphatic heterocycles. The van der Waals surface area contributed by atoms with Crippen molar-refractivity contribution in [3.8, 4) is 0 Å². The Bertz CT molecular complexity index is 558. The van der Waals surface area contributed by atoms with Gasteiger partial charge in [-0.2, -0.15) is 4.31 Å². The summed E-state index contributed by atoms with van der Waals surface area (Å²) >= 11 is 0. The summed E-state index contributed by atoms with van der Waals surface area (Å²) in [5, 5.41) is 9.01. The van der Waals surface area contributed by atoms with Crippen molar-refractivity contribution in [1.29, 1.82) is 0 Å². The lowest BCUT2D eigenvalue weighted by Crippen LogP contribution is -2.45. The average molecular weight is 288 g/mol. The van der Waals surface area contributed by atoms with E-state index in [4.69, 9.17) is 10.8 Å². The summed E-state index contributed by atoms with van der Waals surface area (Å²) in [6, 6.07) is 3.35. The van der Waals surface area contributed by atoms with Crippen LogP contribution in [-0.4, -0.2) is 37.0 Å². The minimum absolute atomic E-state index is 0.0268. The molecule has 0 aromatic heterocycles. The second-order valence-corrected chi connectivity index (χ2v) is 6.50. The van der Waals surface area contributed by atoms with Gasteiger partial charge in [-0.1, -0.05) is 6.42 Å². The van der Waals surface area contributed by atoms with Crippen LogP contribution in [0.25, 0.3) is 0 Å². The van der Waals surface area contributed by atoms with E-state index in [1.54, 1.807) is 0 Å². The maximum absolute atomic E-state index is 13.4. The smallest absolute Gasteiger partial charge is 0.243 e. The number of aliphatic hydroxyl groups excluding tert-OH is 1. The summed E-state index contributed by atoms with van der Waals surface area (Å²) in [4.78, 5) is -0.125. The summed E-state index contributed by atoms with van der Waals surface area (Å²) in [5.41, 5.74) is 5.25. The lowest BCUT2D eigenvalue weighted by Gasteiger charge is -2.36. The van der Waals surface area contributed by atoms with Gasteiger partial charge in [-0.3, -0.25) is 0 Å². The first-order chi connectivity index (χ1) is 8.96. The molecule has 1 aromatic carbocycles. The van der Waals surface area contributed by atoms with Gasteiger partial charge in [-0.05, 0) is 31.0 Å². The minimum Gasteiger partial charge on any atom is -0.396 e. The maximum Gasteiger partial charge on any atom is 0.243 e. The second-order valence-electron chi connectivity index (χ2n) is 4.61. The Hall–Kier alpha value is -1.18. The van der Waals surface area contributed by atoms with E-state index in [0.717, 1.165) is 25.3 Å². The SMILES string of the molecule is Nc1ccc(S(=O)(=O)N(CCO)C2CCC2)cc1F. The molecule has 0 atom stereocenters. The van der Waals surface area contributed by atoms with Gasteiger partial charge in [0.15, 0.2) is 0 Å². The largest absolute Gasteiger partial charge is 0.396 e. The van der Waals surface area contributed by atoms with Crippen LogP contribution in [0.15, 0.2) is 23.1 Å². The molecule has 0 bridgehead atoms. The van der Waals surface area contributed by atoms with Crippen LogP contribution in [0.3, 0.4) is 0 Å². The van der Waals surface area contributed by atoms with Crippen LogP contribution >= 0.6 is 0 Å². The van der Waals surface area contributed by atoms with Crippen molar-refractivity contribution in [3.63, 3.8) is 0 Å². The Kier molecular flexibility index (Phi) is 4.07. The highest BCUT2D eigenvalue weighted by molar-refractivity contribution is 7.89. The standard InChI is InChI=1S/C12H17FN2O3S/c13-11-8-10(4-5-12(11)14)19(17,18)15(6-7-16)9-2-1-3-9/h4-5,8-9,16H,1-3,6-7,14H2. The van der Waals surface area contributed by atoms with Crippen LogP contribution in [0.1, 0.15) is 19.3 Å². The monoisotopic (exact) mass is 288 g/mol. The molecule has 19 heavy (non-hydrogen) atoms. The van der Waals surface area contributed by atoms with Crippen LogP contribution in [0.2, 0.25) is 0 Å². The van der Waals surface area contributed by atoms with Crippen LogP contribution in [0.4, 0.5) is 10.1 Å². The number of nitrogens with zero attached hydrogens (tertiary/aromatic N) is 1. The van der Waals surface area contributed by atoms with Gasteiger partial charge in [0.25, 0.3) is 0 Å². The number of nitrogen functional groups attached to an aromatic ring is 1. The highest BCUT2D eigenvalue weighted by Crippen LogP contribution is 2.30. The van der Waals surface area contributed by atoms with E-state index in [1.807, 2.05) is 0 Å². The molecular weight excluding hydrogens is 271 g/mol. The van der Waals surface area contributed by atoms with Gasteiger partial charge < -0.3 is 10.8 Å². The molecule has 2 rings (SSSR count). The number of aliphatic hydroxyl groups is 1. The fourth-order valence-electron chi connectivity index (χ4n) is 2.08. The topological polar surface area (TPSA) is 83.6 Å². The Balaban J connectivity index is 2.35. The highest BCUT2D eigenvalue weighted by Gasteiger charge is 2.34. The van der Waals surface area contributed by atoms with Gasteiger partial charge in [0.2, 0.25) is 10.0 Å². The van der Waals surface area contributed by atoms with E-state index in [0.29, 0.717) is 0 Å². The Morgan fingerprint density at radius 2 is 2.11 bits per heavy atom. The lowest BCUT2D eigenvalue weighted by atomic mass is 9.93. The normalized spacial score (nSPS) is 16.6. The molecule has 3 N–H and O–H groups in total. The lowest BCUT2D eigenvalue weighted by molar-refractivity contribution is 0.178. The molecule has 1 fully saturated rings. The molecule has 1 aromatic rings. The van der Waals surface area contributed by atoms with Crippen molar-refractivity contribution in [2.75, 3.05) is 18.9 Å². The van der Waals surface area contributed by atoms with Gasteiger partial charge in [-0.15, -0.1) is 0 Å². The number of hydrogen-bond donors (Lipinski definition) is 2. The first kappa shape index (κ1) is 14.2. The molecule has 0 heterocycles. The van der Waals surface area contributed by atoms with E-state index in [2.05, 4.69) is 0 Å². The van der Waals surface area contributed by atoms with Crippen molar-refractivity contribution in [1.82, 2.24) is 4.31 Å². The quantitative estimate of drug-likeness (QED) is 0.790. The zero-order valence-corrected chi connectivity index (χ0v) is 11.2. The van der Waals surface area contributed by atoms with E-state index in [1.165, 1.54) is 16.4 Å². The molecule has 0 radical (unpaired) electrons. The van der Waals surface area contributed by atoms with Gasteiger partial charge in [0, 0.05) is 12.6 Å². The predicted molar refractivity (Wildman–Crippen MR) is 69.4 cm³/mol. The molecule has 0 unspecified atom stereocenters. The summed E-state index contributed by atoms with van der Waals surface area (Å²) in [5.74, 6) is -0.751. The van der Waals surface area contributed by atoms with E-state index in [9.17, 15) is 12.8 Å². The maximum atomic E-state index is 13.4. The van der Waals surface area contributed by atoms with Crippen molar-refractivity contribution >= 4 is 15.7 Å². The zero-order chi connectivity index (χ0) is 14.0. The summed E-state index contributed by atoms with van der Waals surface area (Å²) in [6.45, 7) is -0.230. The average Bonchev–Trinajstić information content (AvgIpc) is 2.29. The summed E-state index contributed by atoms with van der Waals surface area (Å²) < 4.78 is 39.5. The third kappa shape index (κ3) is 2.72. The van der Waals surface area contributed by atoms with Crippen LogP contribution in [-0.2, 0) is 10.0 Å². The third-order valence-corrected chi connectivity index (χ3v) is 5.33. The summed E-state index contributed by atoms with van der Waals surface area (Å²) in [7, 11) is -3.78. The number of hydrogen-bond acceptors (Lipinski definition) is 4. The molecule has 7 heteroatoms. The molecule has 0 amide bonds. The minimum atomic E-state index is -3.78. The van der Waals surface area contributed by atoms with Crippen molar-refractivity contribution in [2.45, 2.75) is 30.2 Å². The molecular formula is C12H17FN2O3S. The molecule has 1 aliphatic carbocycles. The van der Waals surface area contributed by atoms with E-state index < -0.39 is 15.8 Å². The molecule has 0 saturated heterocycles. The van der Waals surface area contributed by atoms with Gasteiger partial charge in [-0.25, -0.2) is 12.8 Å². The number of nitrogens with two attached hydrogens (primary N) is 1. The summed E-state index contributed by atoms with van der Waals surface area (Å²) in [6.07, 6.45) is 2.52. The Morgan fingerprint density at radius 1 is 1.42 bits per heavy atom. The van der Waals surface area contributed by atoms with Gasteiger partial charge >= 0.3 is 0 Å². The van der Waals surface area contributed by atoms with Crippen LogP contribution < -0.4 is 5.73 Å².